The van der Waals surface area contributed by atoms with Crippen molar-refractivity contribution in [2.45, 2.75) is 26.0 Å². The largest absolute Gasteiger partial charge is 0.482 e. The average Bonchev–Trinajstić information content (AvgIpc) is 2.55. The Kier molecular flexibility index (Phi) is 7.97. The van der Waals surface area contributed by atoms with E-state index in [0.717, 1.165) is 5.56 Å². The SMILES string of the molecule is COC(=O)COc1ccc(NC(=O)[C@H]2NCCO[C@@H]2C)c(C)c1.Cl. The first-order valence-corrected chi connectivity index (χ1v) is 7.47. The van der Waals surface area contributed by atoms with Gasteiger partial charge >= 0.3 is 5.97 Å². The van der Waals surface area contributed by atoms with Crippen molar-refractivity contribution < 1.29 is 23.8 Å². The third-order valence-electron chi connectivity index (χ3n) is 3.64. The minimum Gasteiger partial charge on any atom is -0.482 e. The molecular formula is C16H23ClN2O5. The number of carbonyl (C=O) groups is 2. The van der Waals surface area contributed by atoms with Crippen molar-refractivity contribution in [3.8, 4) is 5.75 Å². The summed E-state index contributed by atoms with van der Waals surface area (Å²) >= 11 is 0. The Morgan fingerprint density at radius 1 is 1.42 bits per heavy atom. The molecule has 0 saturated carbocycles. The van der Waals surface area contributed by atoms with Crippen LogP contribution < -0.4 is 15.4 Å². The number of carbonyl (C=O) groups excluding carboxylic acids is 2. The molecule has 1 aliphatic heterocycles. The molecule has 1 aromatic carbocycles. The van der Waals surface area contributed by atoms with Crippen molar-refractivity contribution in [1.82, 2.24) is 5.32 Å². The monoisotopic (exact) mass is 358 g/mol. The summed E-state index contributed by atoms with van der Waals surface area (Å²) < 4.78 is 15.3. The highest BCUT2D eigenvalue weighted by Crippen LogP contribution is 2.22. The van der Waals surface area contributed by atoms with E-state index in [1.54, 1.807) is 18.2 Å². The Hall–Kier alpha value is -1.83. The van der Waals surface area contributed by atoms with Crippen LogP contribution in [0, 0.1) is 6.92 Å². The lowest BCUT2D eigenvalue weighted by Gasteiger charge is -2.29. The smallest absolute Gasteiger partial charge is 0.343 e. The predicted molar refractivity (Wildman–Crippen MR) is 91.8 cm³/mol. The number of morpholine rings is 1. The lowest BCUT2D eigenvalue weighted by atomic mass is 10.1. The summed E-state index contributed by atoms with van der Waals surface area (Å²) in [7, 11) is 1.31. The summed E-state index contributed by atoms with van der Waals surface area (Å²) in [6.45, 7) is 4.84. The molecule has 0 aliphatic carbocycles. The first kappa shape index (κ1) is 20.2. The number of nitrogens with one attached hydrogen (secondary N) is 2. The molecule has 134 valence electrons. The van der Waals surface area contributed by atoms with E-state index < -0.39 is 5.97 Å². The van der Waals surface area contributed by atoms with Gasteiger partial charge in [-0.2, -0.15) is 0 Å². The molecule has 2 atom stereocenters. The van der Waals surface area contributed by atoms with Crippen molar-refractivity contribution in [1.29, 1.82) is 0 Å². The molecule has 2 rings (SSSR count). The van der Waals surface area contributed by atoms with Crippen LogP contribution in [-0.4, -0.2) is 50.9 Å². The van der Waals surface area contributed by atoms with E-state index in [0.29, 0.717) is 24.6 Å². The van der Waals surface area contributed by atoms with Gasteiger partial charge in [-0.25, -0.2) is 4.79 Å². The van der Waals surface area contributed by atoms with Gasteiger partial charge in [-0.15, -0.1) is 12.4 Å². The van der Waals surface area contributed by atoms with Crippen molar-refractivity contribution in [2.24, 2.45) is 0 Å². The number of hydrogen-bond donors (Lipinski definition) is 2. The summed E-state index contributed by atoms with van der Waals surface area (Å²) in [4.78, 5) is 23.4. The molecule has 1 heterocycles. The Morgan fingerprint density at radius 2 is 2.17 bits per heavy atom. The average molecular weight is 359 g/mol. The fraction of sp³-hybridized carbons (Fsp3) is 0.500. The molecule has 7 nitrogen and oxygen atoms in total. The maximum Gasteiger partial charge on any atom is 0.343 e. The van der Waals surface area contributed by atoms with Crippen LogP contribution >= 0.6 is 12.4 Å². The van der Waals surface area contributed by atoms with Gasteiger partial charge in [0.15, 0.2) is 6.61 Å². The Balaban J connectivity index is 0.00000288. The highest BCUT2D eigenvalue weighted by atomic mass is 35.5. The highest BCUT2D eigenvalue weighted by molar-refractivity contribution is 5.96. The zero-order chi connectivity index (χ0) is 16.8. The Labute approximate surface area is 147 Å². The second-order valence-electron chi connectivity index (χ2n) is 5.34. The van der Waals surface area contributed by atoms with Crippen LogP contribution in [-0.2, 0) is 19.1 Å². The normalized spacial score (nSPS) is 19.8. The van der Waals surface area contributed by atoms with Gasteiger partial charge in [0.05, 0.1) is 19.8 Å². The minimum atomic E-state index is -0.447. The fourth-order valence-corrected chi connectivity index (χ4v) is 2.31. The Morgan fingerprint density at radius 3 is 2.79 bits per heavy atom. The van der Waals surface area contributed by atoms with Crippen LogP contribution in [0.3, 0.4) is 0 Å². The van der Waals surface area contributed by atoms with Gasteiger partial charge < -0.3 is 24.8 Å². The molecule has 1 fully saturated rings. The fourth-order valence-electron chi connectivity index (χ4n) is 2.31. The van der Waals surface area contributed by atoms with E-state index in [-0.39, 0.29) is 37.1 Å². The first-order chi connectivity index (χ1) is 11.0. The van der Waals surface area contributed by atoms with Crippen LogP contribution in [0.15, 0.2) is 18.2 Å². The number of anilines is 1. The molecule has 0 radical (unpaired) electrons. The van der Waals surface area contributed by atoms with E-state index in [2.05, 4.69) is 15.4 Å². The number of hydrogen-bond acceptors (Lipinski definition) is 6. The second kappa shape index (κ2) is 9.46. The Bertz CT molecular complexity index is 582. The van der Waals surface area contributed by atoms with E-state index in [9.17, 15) is 9.59 Å². The van der Waals surface area contributed by atoms with Crippen LogP contribution in [0.4, 0.5) is 5.69 Å². The summed E-state index contributed by atoms with van der Waals surface area (Å²) in [6.07, 6.45) is -0.174. The first-order valence-electron chi connectivity index (χ1n) is 7.47. The molecule has 1 saturated heterocycles. The third kappa shape index (κ3) is 5.36. The van der Waals surface area contributed by atoms with E-state index in [1.165, 1.54) is 7.11 Å². The van der Waals surface area contributed by atoms with Crippen molar-refractivity contribution >= 4 is 30.0 Å². The molecular weight excluding hydrogens is 336 g/mol. The summed E-state index contributed by atoms with van der Waals surface area (Å²) in [6, 6.07) is 4.82. The van der Waals surface area contributed by atoms with Crippen molar-refractivity contribution in [3.63, 3.8) is 0 Å². The van der Waals surface area contributed by atoms with E-state index >= 15 is 0 Å². The van der Waals surface area contributed by atoms with Gasteiger partial charge in [0.2, 0.25) is 5.91 Å². The number of benzene rings is 1. The molecule has 1 aliphatic rings. The molecule has 0 aromatic heterocycles. The molecule has 2 N–H and O–H groups in total. The minimum absolute atomic E-state index is 0. The lowest BCUT2D eigenvalue weighted by molar-refractivity contribution is -0.142. The molecule has 1 aromatic rings. The molecule has 0 unspecified atom stereocenters. The number of methoxy groups -OCH3 is 1. The summed E-state index contributed by atoms with van der Waals surface area (Å²) in [5.74, 6) is -0.0423. The maximum atomic E-state index is 12.3. The molecule has 24 heavy (non-hydrogen) atoms. The number of esters is 1. The van der Waals surface area contributed by atoms with E-state index in [1.807, 2.05) is 13.8 Å². The lowest BCUT2D eigenvalue weighted by Crippen LogP contribution is -2.53. The highest BCUT2D eigenvalue weighted by Gasteiger charge is 2.28. The topological polar surface area (TPSA) is 85.9 Å². The van der Waals surface area contributed by atoms with Gasteiger partial charge in [-0.1, -0.05) is 0 Å². The number of halogens is 1. The zero-order valence-corrected chi connectivity index (χ0v) is 14.8. The van der Waals surface area contributed by atoms with Crippen molar-refractivity contribution in [2.75, 3.05) is 32.2 Å². The molecule has 0 bridgehead atoms. The summed E-state index contributed by atoms with van der Waals surface area (Å²) in [5, 5.41) is 6.03. The van der Waals surface area contributed by atoms with Crippen LogP contribution in [0.25, 0.3) is 0 Å². The number of amides is 1. The predicted octanol–water partition coefficient (Wildman–Crippen LogP) is 1.28. The molecule has 1 amide bonds. The second-order valence-corrected chi connectivity index (χ2v) is 5.34. The van der Waals surface area contributed by atoms with Crippen LogP contribution in [0.2, 0.25) is 0 Å². The third-order valence-corrected chi connectivity index (χ3v) is 3.64. The number of ether oxygens (including phenoxy) is 3. The number of aryl methyl sites for hydroxylation is 1. The van der Waals surface area contributed by atoms with Crippen LogP contribution in [0.5, 0.6) is 5.75 Å². The maximum absolute atomic E-state index is 12.3. The van der Waals surface area contributed by atoms with Gasteiger partial charge in [0.1, 0.15) is 11.8 Å². The number of rotatable bonds is 5. The standard InChI is InChI=1S/C16H22N2O5.ClH/c1-10-8-12(23-9-14(19)21-3)4-5-13(10)18-16(20)15-11(2)22-7-6-17-15;/h4-5,8,11,15,17H,6-7,9H2,1-3H3,(H,18,20);1H/t11-,15+;/m1./s1. The zero-order valence-electron chi connectivity index (χ0n) is 14.0. The molecule has 8 heteroatoms. The van der Waals surface area contributed by atoms with Gasteiger partial charge in [-0.05, 0) is 37.6 Å². The van der Waals surface area contributed by atoms with E-state index in [4.69, 9.17) is 9.47 Å². The van der Waals surface area contributed by atoms with Crippen LogP contribution in [0.1, 0.15) is 12.5 Å². The summed E-state index contributed by atoms with van der Waals surface area (Å²) in [5.41, 5.74) is 1.53. The van der Waals surface area contributed by atoms with Gasteiger partial charge in [0.25, 0.3) is 0 Å². The quantitative estimate of drug-likeness (QED) is 0.771. The molecule has 0 spiro atoms. The van der Waals surface area contributed by atoms with Gasteiger partial charge in [0, 0.05) is 12.2 Å². The van der Waals surface area contributed by atoms with Crippen molar-refractivity contribution in [3.05, 3.63) is 23.8 Å². The van der Waals surface area contributed by atoms with Gasteiger partial charge in [-0.3, -0.25) is 4.79 Å².